The van der Waals surface area contributed by atoms with Gasteiger partial charge < -0.3 is 9.47 Å². The molecule has 14 heteroatoms. The monoisotopic (exact) mass is 728 g/mol. The first-order chi connectivity index (χ1) is 24.1. The van der Waals surface area contributed by atoms with Crippen molar-refractivity contribution in [3.63, 3.8) is 0 Å². The summed E-state index contributed by atoms with van der Waals surface area (Å²) in [5.74, 6) is -0.138. The summed E-state index contributed by atoms with van der Waals surface area (Å²) in [5.41, 5.74) is -4.40. The number of nitro groups is 2. The van der Waals surface area contributed by atoms with Gasteiger partial charge in [0.25, 0.3) is 11.4 Å². The number of rotatable bonds is 10. The van der Waals surface area contributed by atoms with Crippen LogP contribution in [0.25, 0.3) is 0 Å². The van der Waals surface area contributed by atoms with Crippen LogP contribution < -0.4 is 9.47 Å². The zero-order chi connectivity index (χ0) is 38.3. The molecular weight excluding hydrogens is 694 g/mol. The minimum Gasteiger partial charge on any atom is -0.473 e. The Balaban J connectivity index is 1.35. The van der Waals surface area contributed by atoms with Gasteiger partial charge in [-0.3, -0.25) is 20.2 Å². The lowest BCUT2D eigenvalue weighted by molar-refractivity contribution is -0.420. The van der Waals surface area contributed by atoms with E-state index < -0.39 is 68.5 Å². The van der Waals surface area contributed by atoms with E-state index in [4.69, 9.17) is 9.47 Å². The van der Waals surface area contributed by atoms with E-state index >= 15 is 0 Å². The van der Waals surface area contributed by atoms with Gasteiger partial charge in [0.15, 0.2) is 0 Å². The number of ether oxygens (including phenoxy) is 2. The van der Waals surface area contributed by atoms with Crippen molar-refractivity contribution in [1.29, 1.82) is 0 Å². The lowest BCUT2D eigenvalue weighted by Crippen LogP contribution is -2.49. The first-order valence-electron chi connectivity index (χ1n) is 16.0. The summed E-state index contributed by atoms with van der Waals surface area (Å²) in [6, 6.07) is 20.0. The van der Waals surface area contributed by atoms with Gasteiger partial charge in [-0.2, -0.15) is 26.3 Å². The number of nitrogens with zero attached hydrogens (tertiary/aromatic N) is 2. The molecule has 0 radical (unpaired) electrons. The van der Waals surface area contributed by atoms with Crippen LogP contribution in [0.15, 0.2) is 121 Å². The molecule has 3 aromatic rings. The van der Waals surface area contributed by atoms with Crippen LogP contribution in [0.1, 0.15) is 62.8 Å². The Hall–Kier alpha value is -5.40. The lowest BCUT2D eigenvalue weighted by Gasteiger charge is -2.34. The molecule has 0 bridgehead atoms. The predicted molar refractivity (Wildman–Crippen MR) is 180 cm³/mol. The highest BCUT2D eigenvalue weighted by Crippen LogP contribution is 2.44. The summed E-state index contributed by atoms with van der Waals surface area (Å²) >= 11 is 0. The lowest BCUT2D eigenvalue weighted by atomic mass is 9.73. The largest absolute Gasteiger partial charge is 0.473 e. The van der Waals surface area contributed by atoms with Crippen molar-refractivity contribution in [2.75, 3.05) is 0 Å². The fourth-order valence-corrected chi connectivity index (χ4v) is 6.11. The van der Waals surface area contributed by atoms with E-state index in [1.54, 1.807) is 24.3 Å². The molecule has 0 heterocycles. The molecule has 0 amide bonds. The summed E-state index contributed by atoms with van der Waals surface area (Å²) in [4.78, 5) is 20.5. The summed E-state index contributed by atoms with van der Waals surface area (Å²) in [5, 5.41) is 22.0. The van der Waals surface area contributed by atoms with Gasteiger partial charge in [0.2, 0.25) is 11.2 Å². The Morgan fingerprint density at radius 2 is 0.923 bits per heavy atom. The Bertz CT molecular complexity index is 1840. The van der Waals surface area contributed by atoms with E-state index in [0.717, 1.165) is 46.6 Å². The molecule has 0 saturated carbocycles. The fraction of sp³-hybridized carbons (Fsp3) is 0.316. The molecule has 2 aliphatic rings. The van der Waals surface area contributed by atoms with Crippen molar-refractivity contribution in [2.45, 2.75) is 74.9 Å². The molecule has 274 valence electrons. The van der Waals surface area contributed by atoms with Gasteiger partial charge in [-0.1, -0.05) is 76.2 Å². The van der Waals surface area contributed by atoms with Gasteiger partial charge in [-0.25, -0.2) is 0 Å². The second-order valence-electron chi connectivity index (χ2n) is 13.7. The first-order valence-corrected chi connectivity index (χ1v) is 16.0. The van der Waals surface area contributed by atoms with Crippen LogP contribution in [0, 0.1) is 20.2 Å². The fourth-order valence-electron chi connectivity index (χ4n) is 6.11. The Labute approximate surface area is 295 Å². The molecule has 2 unspecified atom stereocenters. The van der Waals surface area contributed by atoms with Crippen molar-refractivity contribution in [3.05, 3.63) is 163 Å². The van der Waals surface area contributed by atoms with Gasteiger partial charge in [-0.15, -0.1) is 0 Å². The molecule has 0 N–H and O–H groups in total. The highest BCUT2D eigenvalue weighted by Gasteiger charge is 2.57. The van der Waals surface area contributed by atoms with Crippen molar-refractivity contribution >= 4 is 0 Å². The van der Waals surface area contributed by atoms with Gasteiger partial charge in [0.05, 0.1) is 9.85 Å². The van der Waals surface area contributed by atoms with Crippen LogP contribution in [-0.2, 0) is 10.8 Å². The maximum absolute atomic E-state index is 14.1. The third kappa shape index (κ3) is 7.19. The molecule has 2 aliphatic carbocycles. The number of alkyl halides is 6. The quantitative estimate of drug-likeness (QED) is 0.117. The molecule has 0 aliphatic heterocycles. The molecule has 0 saturated heterocycles. The summed E-state index contributed by atoms with van der Waals surface area (Å²) in [6.45, 7) is 7.80. The average Bonchev–Trinajstić information content (AvgIpc) is 3.08. The summed E-state index contributed by atoms with van der Waals surface area (Å²) < 4.78 is 95.6. The SMILES string of the molecule is CC(C)(c1ccc(OC2(C(F)(F)F)C=CC([N+](=O)[O-])=CC2)cc1)c1cccc(C(C)(C)c2ccc(OC3(C(F)(F)F)C=CC([N+](=O)[O-])=CC3)cc2)c1. The summed E-state index contributed by atoms with van der Waals surface area (Å²) in [6.07, 6.45) is -6.53. The van der Waals surface area contributed by atoms with E-state index in [9.17, 15) is 46.6 Å². The number of allylic oxidation sites excluding steroid dienone is 2. The first kappa shape index (κ1) is 37.8. The molecule has 8 nitrogen and oxygen atoms in total. The standard InChI is InChI=1S/C38H34F6N2O6/c1-33(2,25-8-12-31(13-9-25)51-35(37(39,40)41)20-16-29(17-21-35)45(47)48)27-6-5-7-28(24-27)34(3,4)26-10-14-32(15-11-26)52-36(38(42,43)44)22-18-30(19-23-36)46(49)50/h5-20,22,24H,21,23H2,1-4H3. The van der Waals surface area contributed by atoms with Crippen LogP contribution in [0.2, 0.25) is 0 Å². The van der Waals surface area contributed by atoms with Crippen molar-refractivity contribution in [1.82, 2.24) is 0 Å². The smallest absolute Gasteiger partial charge is 0.432 e. The number of halogens is 6. The molecule has 0 aromatic heterocycles. The van der Waals surface area contributed by atoms with Gasteiger partial charge in [-0.05, 0) is 70.8 Å². The van der Waals surface area contributed by atoms with Crippen LogP contribution in [0.5, 0.6) is 11.5 Å². The maximum Gasteiger partial charge on any atom is 0.432 e. The highest BCUT2D eigenvalue weighted by atomic mass is 19.4. The minimum atomic E-state index is -4.85. The van der Waals surface area contributed by atoms with E-state index in [-0.39, 0.29) is 11.5 Å². The third-order valence-corrected chi connectivity index (χ3v) is 9.71. The molecule has 5 rings (SSSR count). The average molecular weight is 729 g/mol. The van der Waals surface area contributed by atoms with Crippen LogP contribution in [0.3, 0.4) is 0 Å². The van der Waals surface area contributed by atoms with Crippen LogP contribution in [0.4, 0.5) is 26.3 Å². The normalized spacial score (nSPS) is 20.9. The third-order valence-electron chi connectivity index (χ3n) is 9.71. The van der Waals surface area contributed by atoms with Gasteiger partial charge in [0, 0.05) is 35.8 Å². The molecule has 52 heavy (non-hydrogen) atoms. The molecule has 0 fully saturated rings. The zero-order valence-electron chi connectivity index (χ0n) is 28.4. The Morgan fingerprint density at radius 3 is 1.19 bits per heavy atom. The molecule has 0 spiro atoms. The maximum atomic E-state index is 14.1. The zero-order valence-corrected chi connectivity index (χ0v) is 28.4. The number of hydrogen-bond donors (Lipinski definition) is 0. The Kier molecular flexibility index (Phi) is 9.68. The van der Waals surface area contributed by atoms with E-state index in [2.05, 4.69) is 0 Å². The topological polar surface area (TPSA) is 105 Å². The van der Waals surface area contributed by atoms with Crippen molar-refractivity contribution in [2.24, 2.45) is 0 Å². The van der Waals surface area contributed by atoms with Crippen LogP contribution >= 0.6 is 0 Å². The van der Waals surface area contributed by atoms with Crippen molar-refractivity contribution in [3.8, 4) is 11.5 Å². The molecule has 2 atom stereocenters. The summed E-state index contributed by atoms with van der Waals surface area (Å²) in [7, 11) is 0. The second kappa shape index (κ2) is 13.3. The number of hydrogen-bond acceptors (Lipinski definition) is 6. The van der Waals surface area contributed by atoms with E-state index in [0.29, 0.717) is 12.2 Å². The second-order valence-corrected chi connectivity index (χ2v) is 13.7. The highest BCUT2D eigenvalue weighted by molar-refractivity contribution is 5.46. The molecule has 3 aromatic carbocycles. The minimum absolute atomic E-state index is 0.0692. The van der Waals surface area contributed by atoms with E-state index in [1.807, 2.05) is 52.0 Å². The Morgan fingerprint density at radius 1 is 0.577 bits per heavy atom. The van der Waals surface area contributed by atoms with Gasteiger partial charge in [0.1, 0.15) is 11.5 Å². The predicted octanol–water partition coefficient (Wildman–Crippen LogP) is 9.94. The molecular formula is C38H34F6N2O6. The van der Waals surface area contributed by atoms with Gasteiger partial charge >= 0.3 is 12.4 Å². The van der Waals surface area contributed by atoms with E-state index in [1.165, 1.54) is 24.3 Å². The van der Waals surface area contributed by atoms with Crippen molar-refractivity contribution < 1.29 is 45.7 Å². The van der Waals surface area contributed by atoms with Crippen LogP contribution in [-0.4, -0.2) is 33.4 Å². The number of benzene rings is 3.